The van der Waals surface area contributed by atoms with E-state index in [0.29, 0.717) is 28.4 Å². The van der Waals surface area contributed by atoms with Gasteiger partial charge in [0, 0.05) is 13.1 Å². The zero-order valence-corrected chi connectivity index (χ0v) is 18.3. The van der Waals surface area contributed by atoms with E-state index >= 15 is 0 Å². The zero-order chi connectivity index (χ0) is 19.7. The van der Waals surface area contributed by atoms with Gasteiger partial charge in [0.05, 0.1) is 25.4 Å². The van der Waals surface area contributed by atoms with E-state index in [1.54, 1.807) is 0 Å². The summed E-state index contributed by atoms with van der Waals surface area (Å²) in [5.41, 5.74) is 1.17. The first-order chi connectivity index (χ1) is 13.5. The molecule has 8 heteroatoms. The Morgan fingerprint density at radius 1 is 1.11 bits per heavy atom. The van der Waals surface area contributed by atoms with Crippen LogP contribution in [0, 0.1) is 4.77 Å². The molecule has 1 aliphatic rings. The van der Waals surface area contributed by atoms with Gasteiger partial charge in [-0.3, -0.25) is 9.47 Å². The van der Waals surface area contributed by atoms with Crippen LogP contribution in [0.2, 0.25) is 0 Å². The van der Waals surface area contributed by atoms with Crippen LogP contribution in [0.1, 0.15) is 19.4 Å². The zero-order valence-electron chi connectivity index (χ0n) is 15.9. The molecule has 1 aliphatic heterocycles. The van der Waals surface area contributed by atoms with Gasteiger partial charge >= 0.3 is 0 Å². The van der Waals surface area contributed by atoms with Crippen LogP contribution in [0.25, 0.3) is 11.6 Å². The summed E-state index contributed by atoms with van der Waals surface area (Å²) in [4.78, 5) is 2.33. The van der Waals surface area contributed by atoms with Gasteiger partial charge in [-0.25, -0.2) is 4.68 Å². The largest absolute Gasteiger partial charge is 0.446 e. The fraction of sp³-hybridized carbons (Fsp3) is 0.400. The average molecular weight is 463 g/mol. The van der Waals surface area contributed by atoms with Crippen LogP contribution in [-0.2, 0) is 18.0 Å². The predicted molar refractivity (Wildman–Crippen MR) is 114 cm³/mol. The summed E-state index contributed by atoms with van der Waals surface area (Å²) in [6.07, 6.45) is 0.398. The van der Waals surface area contributed by atoms with E-state index < -0.39 is 0 Å². The molecule has 0 saturated carbocycles. The average Bonchev–Trinajstić information content (AvgIpc) is 3.20. The van der Waals surface area contributed by atoms with Gasteiger partial charge in [-0.15, -0.1) is 5.10 Å². The van der Waals surface area contributed by atoms with E-state index in [1.807, 2.05) is 39.6 Å². The highest BCUT2D eigenvalue weighted by atomic mass is 79.9. The summed E-state index contributed by atoms with van der Waals surface area (Å²) in [5, 5.41) is 4.81. The maximum absolute atomic E-state index is 5.84. The van der Waals surface area contributed by atoms with Gasteiger partial charge in [0.15, 0.2) is 21.0 Å². The summed E-state index contributed by atoms with van der Waals surface area (Å²) in [6.45, 7) is 7.19. The van der Waals surface area contributed by atoms with Crippen molar-refractivity contribution in [2.45, 2.75) is 39.3 Å². The van der Waals surface area contributed by atoms with Crippen molar-refractivity contribution in [3.8, 4) is 11.6 Å². The lowest BCUT2D eigenvalue weighted by atomic mass is 10.2. The molecule has 1 saturated heterocycles. The lowest BCUT2D eigenvalue weighted by Gasteiger charge is -2.34. The standard InChI is InChI=1S/C20H23BrN4O2S/c1-14-10-23(11-15(2)26-14)13-25-20(28)24(12-16-6-4-3-5-7-16)19(22-25)17-8-9-18(21)27-17/h3-9,14-15H,10-13H2,1-2H3. The molecule has 0 N–H and O–H groups in total. The van der Waals surface area contributed by atoms with Crippen molar-refractivity contribution in [2.24, 2.45) is 0 Å². The fourth-order valence-electron chi connectivity index (χ4n) is 3.65. The summed E-state index contributed by atoms with van der Waals surface area (Å²) >= 11 is 9.18. The minimum absolute atomic E-state index is 0.199. The summed E-state index contributed by atoms with van der Waals surface area (Å²) in [5.74, 6) is 1.42. The van der Waals surface area contributed by atoms with Gasteiger partial charge in [-0.1, -0.05) is 30.3 Å². The first-order valence-corrected chi connectivity index (χ1v) is 10.5. The Kier molecular flexibility index (Phi) is 5.82. The van der Waals surface area contributed by atoms with Gasteiger partial charge in [0.25, 0.3) is 0 Å². The topological polar surface area (TPSA) is 48.4 Å². The third-order valence-corrected chi connectivity index (χ3v) is 5.59. The van der Waals surface area contributed by atoms with E-state index in [-0.39, 0.29) is 12.2 Å². The number of morpholine rings is 1. The van der Waals surface area contributed by atoms with E-state index in [2.05, 4.69) is 46.8 Å². The van der Waals surface area contributed by atoms with Crippen LogP contribution in [0.4, 0.5) is 0 Å². The Morgan fingerprint density at radius 2 is 1.82 bits per heavy atom. The fourth-order valence-corrected chi connectivity index (χ4v) is 4.20. The molecule has 0 aliphatic carbocycles. The lowest BCUT2D eigenvalue weighted by molar-refractivity contribution is -0.0777. The van der Waals surface area contributed by atoms with Gasteiger partial charge in [0.1, 0.15) is 0 Å². The highest BCUT2D eigenvalue weighted by Gasteiger charge is 2.24. The van der Waals surface area contributed by atoms with Crippen molar-refractivity contribution in [1.82, 2.24) is 19.2 Å². The second kappa shape index (κ2) is 8.32. The number of halogens is 1. The van der Waals surface area contributed by atoms with Crippen molar-refractivity contribution in [3.63, 3.8) is 0 Å². The summed E-state index contributed by atoms with van der Waals surface area (Å²) in [6, 6.07) is 14.0. The van der Waals surface area contributed by atoms with Crippen molar-refractivity contribution in [2.75, 3.05) is 13.1 Å². The first-order valence-electron chi connectivity index (χ1n) is 9.34. The smallest absolute Gasteiger partial charge is 0.199 e. The normalized spacial score (nSPS) is 20.5. The molecule has 148 valence electrons. The number of benzene rings is 1. The maximum atomic E-state index is 5.84. The Labute approximate surface area is 177 Å². The molecule has 0 amide bonds. The number of nitrogens with zero attached hydrogens (tertiary/aromatic N) is 4. The molecular formula is C20H23BrN4O2S. The molecule has 0 spiro atoms. The second-order valence-corrected chi connectivity index (χ2v) is 8.36. The number of aromatic nitrogens is 3. The third-order valence-electron chi connectivity index (χ3n) is 4.73. The monoisotopic (exact) mass is 462 g/mol. The van der Waals surface area contributed by atoms with Crippen LogP contribution in [-0.4, -0.2) is 44.5 Å². The van der Waals surface area contributed by atoms with Gasteiger partial charge in [-0.05, 0) is 59.7 Å². The van der Waals surface area contributed by atoms with Crippen LogP contribution < -0.4 is 0 Å². The molecule has 1 fully saturated rings. The van der Waals surface area contributed by atoms with Crippen LogP contribution in [0.5, 0.6) is 0 Å². The molecule has 4 rings (SSSR count). The maximum Gasteiger partial charge on any atom is 0.199 e. The van der Waals surface area contributed by atoms with Crippen molar-refractivity contribution in [3.05, 3.63) is 57.5 Å². The highest BCUT2D eigenvalue weighted by molar-refractivity contribution is 9.10. The summed E-state index contributed by atoms with van der Waals surface area (Å²) < 4.78 is 16.9. The Bertz CT molecular complexity index is 987. The minimum Gasteiger partial charge on any atom is -0.446 e. The third kappa shape index (κ3) is 4.30. The molecular weight excluding hydrogens is 440 g/mol. The Balaban J connectivity index is 1.68. The van der Waals surface area contributed by atoms with Crippen LogP contribution >= 0.6 is 28.1 Å². The van der Waals surface area contributed by atoms with Gasteiger partial charge in [0.2, 0.25) is 0 Å². The van der Waals surface area contributed by atoms with Crippen molar-refractivity contribution in [1.29, 1.82) is 0 Å². The first kappa shape index (κ1) is 19.6. The molecule has 0 radical (unpaired) electrons. The minimum atomic E-state index is 0.199. The number of hydrogen-bond acceptors (Lipinski definition) is 5. The van der Waals surface area contributed by atoms with Crippen molar-refractivity contribution >= 4 is 28.1 Å². The molecule has 2 atom stereocenters. The quantitative estimate of drug-likeness (QED) is 0.520. The molecule has 28 heavy (non-hydrogen) atoms. The molecule has 6 nitrogen and oxygen atoms in total. The van der Waals surface area contributed by atoms with E-state index in [0.717, 1.165) is 18.9 Å². The van der Waals surface area contributed by atoms with Crippen LogP contribution in [0.15, 0.2) is 51.6 Å². The molecule has 2 aromatic heterocycles. The van der Waals surface area contributed by atoms with E-state index in [9.17, 15) is 0 Å². The molecule has 1 aromatic carbocycles. The number of ether oxygens (including phenoxy) is 1. The summed E-state index contributed by atoms with van der Waals surface area (Å²) in [7, 11) is 0. The van der Waals surface area contributed by atoms with E-state index in [1.165, 1.54) is 5.56 Å². The lowest BCUT2D eigenvalue weighted by Crippen LogP contribution is -2.46. The van der Waals surface area contributed by atoms with Gasteiger partial charge < -0.3 is 9.15 Å². The molecule has 3 aromatic rings. The van der Waals surface area contributed by atoms with Crippen molar-refractivity contribution < 1.29 is 9.15 Å². The molecule has 2 unspecified atom stereocenters. The SMILES string of the molecule is CC1CN(Cn2nc(-c3ccc(Br)o3)n(Cc3ccccc3)c2=S)CC(C)O1. The van der Waals surface area contributed by atoms with Gasteiger partial charge in [-0.2, -0.15) is 0 Å². The highest BCUT2D eigenvalue weighted by Crippen LogP contribution is 2.25. The Hall–Kier alpha value is -1.74. The number of furan rings is 1. The predicted octanol–water partition coefficient (Wildman–Crippen LogP) is 4.55. The van der Waals surface area contributed by atoms with E-state index in [4.69, 9.17) is 26.5 Å². The molecule has 0 bridgehead atoms. The second-order valence-electron chi connectivity index (χ2n) is 7.22. The molecule has 3 heterocycles. The number of rotatable bonds is 5. The Morgan fingerprint density at radius 3 is 2.46 bits per heavy atom. The van der Waals surface area contributed by atoms with Crippen LogP contribution in [0.3, 0.4) is 0 Å². The number of hydrogen-bond donors (Lipinski definition) is 0.